The van der Waals surface area contributed by atoms with Crippen LogP contribution in [-0.2, 0) is 28.4 Å². The van der Waals surface area contributed by atoms with Gasteiger partial charge in [-0.3, -0.25) is 19.3 Å². The first kappa shape index (κ1) is 31.9. The van der Waals surface area contributed by atoms with Crippen molar-refractivity contribution >= 4 is 30.7 Å². The van der Waals surface area contributed by atoms with Crippen LogP contribution in [0.4, 0.5) is 0 Å². The summed E-state index contributed by atoms with van der Waals surface area (Å²) < 4.78 is 16.3. The molecule has 0 saturated carbocycles. The molecule has 1 aromatic carbocycles. The standard InChI is InChI=1S/C29H38BN3O8/c1-17(2)15-20(30-40-26(29(38)39-6)25(33(4)5)28(37)41-30)16-23(35)24(18(3)34)32-27(36)22-14-10-13-21(31-22)19-11-8-7-9-12-19/h7-14,17-18,20,24-26,34H,15-16H2,1-6H3,(H,32,36)/t18-,20-,24+,25+,26-/m1/s1. The molecule has 2 aromatic rings. The normalized spacial score (nSPS) is 19.3. The number of benzene rings is 1. The van der Waals surface area contributed by atoms with E-state index in [0.29, 0.717) is 12.1 Å². The number of hydrogen-bond donors (Lipinski definition) is 2. The van der Waals surface area contributed by atoms with Gasteiger partial charge in [0.05, 0.1) is 18.9 Å². The van der Waals surface area contributed by atoms with Crippen molar-refractivity contribution in [3.8, 4) is 11.3 Å². The maximum Gasteiger partial charge on any atom is 0.531 e. The summed E-state index contributed by atoms with van der Waals surface area (Å²) in [6.45, 7) is 5.27. The Labute approximate surface area is 240 Å². The summed E-state index contributed by atoms with van der Waals surface area (Å²) >= 11 is 0. The first-order valence-electron chi connectivity index (χ1n) is 13.6. The zero-order chi connectivity index (χ0) is 30.3. The Morgan fingerprint density at radius 3 is 2.37 bits per heavy atom. The number of Topliss-reactive ketones (excluding diaryl/α,β-unsaturated/α-hetero) is 1. The van der Waals surface area contributed by atoms with Gasteiger partial charge in [-0.2, -0.15) is 0 Å². The molecule has 0 spiro atoms. The monoisotopic (exact) mass is 567 g/mol. The van der Waals surface area contributed by atoms with E-state index in [0.717, 1.165) is 5.56 Å². The lowest BCUT2D eigenvalue weighted by Crippen LogP contribution is -2.60. The molecular weight excluding hydrogens is 529 g/mol. The van der Waals surface area contributed by atoms with Gasteiger partial charge in [0.2, 0.25) is 0 Å². The number of aliphatic hydroxyl groups excluding tert-OH is 1. The number of carbonyl (C=O) groups is 4. The van der Waals surface area contributed by atoms with E-state index in [4.69, 9.17) is 14.0 Å². The molecule has 41 heavy (non-hydrogen) atoms. The van der Waals surface area contributed by atoms with Crippen LogP contribution < -0.4 is 5.32 Å². The number of rotatable bonds is 12. The number of hydrogen-bond acceptors (Lipinski definition) is 10. The summed E-state index contributed by atoms with van der Waals surface area (Å²) in [5, 5.41) is 13.1. The van der Waals surface area contributed by atoms with E-state index in [-0.39, 0.29) is 18.0 Å². The van der Waals surface area contributed by atoms with E-state index in [1.165, 1.54) is 25.0 Å². The molecule has 2 N–H and O–H groups in total. The Bertz CT molecular complexity index is 1220. The second-order valence-electron chi connectivity index (χ2n) is 10.8. The number of carbonyl (C=O) groups excluding carboxylic acids is 4. The molecule has 1 amide bonds. The summed E-state index contributed by atoms with van der Waals surface area (Å²) in [6.07, 6.45) is -2.25. The van der Waals surface area contributed by atoms with E-state index < -0.39 is 60.9 Å². The highest BCUT2D eigenvalue weighted by atomic mass is 16.7. The number of nitrogens with zero attached hydrogens (tertiary/aromatic N) is 2. The van der Waals surface area contributed by atoms with Crippen molar-refractivity contribution in [3.05, 3.63) is 54.2 Å². The van der Waals surface area contributed by atoms with Crippen molar-refractivity contribution in [1.29, 1.82) is 0 Å². The average Bonchev–Trinajstić information content (AvgIpc) is 2.94. The van der Waals surface area contributed by atoms with Crippen LogP contribution in [0.2, 0.25) is 5.82 Å². The van der Waals surface area contributed by atoms with Crippen LogP contribution >= 0.6 is 0 Å². The third-order valence-corrected chi connectivity index (χ3v) is 6.82. The number of amides is 1. The van der Waals surface area contributed by atoms with Crippen molar-refractivity contribution < 1.29 is 38.3 Å². The zero-order valence-electron chi connectivity index (χ0n) is 24.3. The maximum absolute atomic E-state index is 13.5. The Morgan fingerprint density at radius 2 is 1.78 bits per heavy atom. The molecule has 1 aromatic heterocycles. The Hall–Kier alpha value is -3.61. The minimum absolute atomic E-state index is 0.0720. The van der Waals surface area contributed by atoms with Crippen LogP contribution in [0.25, 0.3) is 11.3 Å². The van der Waals surface area contributed by atoms with E-state index in [2.05, 4.69) is 10.3 Å². The molecule has 1 aliphatic rings. The summed E-state index contributed by atoms with van der Waals surface area (Å²) in [6, 6.07) is 12.0. The van der Waals surface area contributed by atoms with E-state index in [1.54, 1.807) is 26.2 Å². The number of nitrogens with one attached hydrogen (secondary N) is 1. The van der Waals surface area contributed by atoms with Crippen LogP contribution in [0, 0.1) is 5.92 Å². The van der Waals surface area contributed by atoms with Gasteiger partial charge in [-0.15, -0.1) is 0 Å². The molecule has 0 radical (unpaired) electrons. The summed E-state index contributed by atoms with van der Waals surface area (Å²) in [5.74, 6) is -3.10. The Morgan fingerprint density at radius 1 is 1.10 bits per heavy atom. The van der Waals surface area contributed by atoms with E-state index in [9.17, 15) is 24.3 Å². The van der Waals surface area contributed by atoms with Gasteiger partial charge in [0.1, 0.15) is 17.8 Å². The van der Waals surface area contributed by atoms with Gasteiger partial charge in [-0.1, -0.05) is 50.2 Å². The SMILES string of the molecule is COC(=O)[C@@H]1OB([C@@H](CC(=O)[C@@H](NC(=O)c2cccc(-c3ccccc3)n2)[C@@H](C)O)CC(C)C)OC(=O)[C@H]1N(C)C. The van der Waals surface area contributed by atoms with Gasteiger partial charge in [0.25, 0.3) is 5.91 Å². The number of pyridine rings is 1. The van der Waals surface area contributed by atoms with Crippen molar-refractivity contribution in [2.45, 2.75) is 63.7 Å². The van der Waals surface area contributed by atoms with Gasteiger partial charge < -0.3 is 24.5 Å². The second kappa shape index (κ2) is 14.3. The first-order valence-corrected chi connectivity index (χ1v) is 13.6. The zero-order valence-corrected chi connectivity index (χ0v) is 24.3. The molecule has 1 saturated heterocycles. The molecule has 11 nitrogen and oxygen atoms in total. The number of aliphatic hydroxyl groups is 1. The fourth-order valence-electron chi connectivity index (χ4n) is 4.84. The van der Waals surface area contributed by atoms with Crippen LogP contribution in [0.15, 0.2) is 48.5 Å². The van der Waals surface area contributed by atoms with Crippen LogP contribution in [0.3, 0.4) is 0 Å². The predicted molar refractivity (Wildman–Crippen MR) is 152 cm³/mol. The number of methoxy groups -OCH3 is 1. The lowest BCUT2D eigenvalue weighted by atomic mass is 9.64. The average molecular weight is 567 g/mol. The van der Waals surface area contributed by atoms with E-state index >= 15 is 0 Å². The highest BCUT2D eigenvalue weighted by Crippen LogP contribution is 2.32. The van der Waals surface area contributed by atoms with Gasteiger partial charge >= 0.3 is 19.1 Å². The lowest BCUT2D eigenvalue weighted by Gasteiger charge is -2.38. The molecule has 220 valence electrons. The third kappa shape index (κ3) is 8.22. The maximum atomic E-state index is 13.5. The molecule has 0 unspecified atom stereocenters. The molecule has 12 heteroatoms. The second-order valence-corrected chi connectivity index (χ2v) is 10.8. The molecule has 1 aliphatic heterocycles. The fraction of sp³-hybridized carbons (Fsp3) is 0.483. The summed E-state index contributed by atoms with van der Waals surface area (Å²) in [7, 11) is 3.22. The van der Waals surface area contributed by atoms with Gasteiger partial charge in [-0.25, -0.2) is 9.78 Å². The highest BCUT2D eigenvalue weighted by Gasteiger charge is 2.51. The molecular formula is C29H38BN3O8. The fourth-order valence-corrected chi connectivity index (χ4v) is 4.84. The topological polar surface area (TPSA) is 144 Å². The van der Waals surface area contributed by atoms with Gasteiger partial charge in [-0.05, 0) is 45.5 Å². The Balaban J connectivity index is 1.79. The number of ether oxygens (including phenoxy) is 1. The molecule has 0 aliphatic carbocycles. The van der Waals surface area contributed by atoms with Crippen molar-refractivity contribution in [3.63, 3.8) is 0 Å². The number of likely N-dealkylation sites (N-methyl/N-ethyl adjacent to an activating group) is 1. The van der Waals surface area contributed by atoms with Crippen molar-refractivity contribution in [2.24, 2.45) is 5.92 Å². The largest absolute Gasteiger partial charge is 0.531 e. The quantitative estimate of drug-likeness (QED) is 0.289. The minimum atomic E-state index is -1.26. The number of esters is 1. The minimum Gasteiger partial charge on any atom is -0.508 e. The molecule has 3 rings (SSSR count). The Kier molecular flexibility index (Phi) is 11.2. The summed E-state index contributed by atoms with van der Waals surface area (Å²) in [4.78, 5) is 57.9. The first-order chi connectivity index (χ1) is 19.4. The molecule has 1 fully saturated rings. The lowest BCUT2D eigenvalue weighted by molar-refractivity contribution is -0.167. The van der Waals surface area contributed by atoms with Gasteiger partial charge in [0.15, 0.2) is 11.9 Å². The highest BCUT2D eigenvalue weighted by molar-refractivity contribution is 6.50. The van der Waals surface area contributed by atoms with E-state index in [1.807, 2.05) is 44.2 Å². The summed E-state index contributed by atoms with van der Waals surface area (Å²) in [5.41, 5.74) is 1.50. The van der Waals surface area contributed by atoms with Crippen LogP contribution in [0.5, 0.6) is 0 Å². The van der Waals surface area contributed by atoms with Crippen molar-refractivity contribution in [2.75, 3.05) is 21.2 Å². The van der Waals surface area contributed by atoms with Gasteiger partial charge in [0, 0.05) is 17.8 Å². The third-order valence-electron chi connectivity index (χ3n) is 6.82. The smallest absolute Gasteiger partial charge is 0.508 e. The molecule has 5 atom stereocenters. The van der Waals surface area contributed by atoms with Crippen LogP contribution in [-0.4, -0.2) is 91.2 Å². The van der Waals surface area contributed by atoms with Crippen molar-refractivity contribution in [1.82, 2.24) is 15.2 Å². The predicted octanol–water partition coefficient (Wildman–Crippen LogP) is 2.14. The molecule has 0 bridgehead atoms. The number of aromatic nitrogens is 1. The van der Waals surface area contributed by atoms with Crippen LogP contribution in [0.1, 0.15) is 44.1 Å². The molecule has 2 heterocycles. The number of ketones is 1.